The number of ether oxygens (including phenoxy) is 1. The first-order valence-electron chi connectivity index (χ1n) is 14.2. The second kappa shape index (κ2) is 11.6. The zero-order valence-electron chi connectivity index (χ0n) is 23.9. The number of carbonyl (C=O) groups is 4. The molecule has 0 bridgehead atoms. The molecule has 0 heterocycles. The number of amides is 1. The maximum Gasteiger partial charge on any atom is 0.308 e. The van der Waals surface area contributed by atoms with Crippen LogP contribution in [0, 0.1) is 11.8 Å². The Bertz CT molecular complexity index is 1430. The van der Waals surface area contributed by atoms with Gasteiger partial charge in [0.25, 0.3) is 5.91 Å². The SMILES string of the molecule is CN(C)[C@H]1C(O)=C(C(N)=O)C(=O)[C@@]2(O)C(O)=C3C(=O)c4c(O)cccc4[C@H](CSC4CCCC4)[C@H]3[C@H](OC(=O)CCO)[C@@H]12. The molecular weight excluding hydrogens is 580 g/mol. The number of fused-ring (bicyclic) bond motifs is 3. The number of aromatic hydroxyl groups is 1. The molecule has 4 aliphatic carbocycles. The van der Waals surface area contributed by atoms with E-state index < -0.39 is 94.6 Å². The molecule has 1 aromatic rings. The topological polar surface area (TPSA) is 208 Å². The minimum absolute atomic E-state index is 0.110. The van der Waals surface area contributed by atoms with Crippen molar-refractivity contribution >= 4 is 35.2 Å². The van der Waals surface area contributed by atoms with Crippen LogP contribution in [0.3, 0.4) is 0 Å². The Hall–Kier alpha value is -3.39. The fourth-order valence-electron chi connectivity index (χ4n) is 7.31. The van der Waals surface area contributed by atoms with E-state index in [0.29, 0.717) is 16.6 Å². The molecule has 13 heteroatoms. The first kappa shape index (κ1) is 31.0. The predicted molar refractivity (Wildman–Crippen MR) is 154 cm³/mol. The van der Waals surface area contributed by atoms with Gasteiger partial charge < -0.3 is 36.0 Å². The number of phenols is 1. The molecule has 6 atom stereocenters. The smallest absolute Gasteiger partial charge is 0.308 e. The molecule has 4 aliphatic rings. The van der Waals surface area contributed by atoms with Gasteiger partial charge in [-0.25, -0.2) is 0 Å². The minimum Gasteiger partial charge on any atom is -0.510 e. The third-order valence-corrected chi connectivity index (χ3v) is 10.7. The lowest BCUT2D eigenvalue weighted by Crippen LogP contribution is -2.69. The van der Waals surface area contributed by atoms with Crippen molar-refractivity contribution in [1.82, 2.24) is 4.90 Å². The van der Waals surface area contributed by atoms with Crippen LogP contribution in [0.15, 0.2) is 40.9 Å². The fraction of sp³-hybridized carbons (Fsp3) is 0.533. The molecule has 0 saturated heterocycles. The fourth-order valence-corrected chi connectivity index (χ4v) is 8.84. The van der Waals surface area contributed by atoms with Gasteiger partial charge in [0.05, 0.1) is 30.6 Å². The molecule has 1 saturated carbocycles. The number of primary amides is 1. The molecule has 0 spiro atoms. The van der Waals surface area contributed by atoms with E-state index in [1.165, 1.54) is 25.1 Å². The van der Waals surface area contributed by atoms with Gasteiger partial charge in [-0.15, -0.1) is 0 Å². The van der Waals surface area contributed by atoms with Crippen molar-refractivity contribution in [1.29, 1.82) is 0 Å². The summed E-state index contributed by atoms with van der Waals surface area (Å²) >= 11 is 1.65. The second-order valence-corrected chi connectivity index (χ2v) is 13.1. The summed E-state index contributed by atoms with van der Waals surface area (Å²) in [5, 5.41) is 55.8. The summed E-state index contributed by atoms with van der Waals surface area (Å²) in [5.74, 6) is -9.76. The van der Waals surface area contributed by atoms with Gasteiger partial charge in [-0.3, -0.25) is 24.1 Å². The third-order valence-electron chi connectivity index (χ3n) is 9.17. The summed E-state index contributed by atoms with van der Waals surface area (Å²) in [6, 6.07) is 3.20. The molecule has 0 aromatic heterocycles. The number of phenolic OH excluding ortho intramolecular Hbond substituents is 1. The Morgan fingerprint density at radius 1 is 1.14 bits per heavy atom. The number of nitrogens with two attached hydrogens (primary N) is 1. The molecule has 0 aliphatic heterocycles. The highest BCUT2D eigenvalue weighted by Gasteiger charge is 2.69. The molecule has 1 fully saturated rings. The molecule has 12 nitrogen and oxygen atoms in total. The lowest BCUT2D eigenvalue weighted by Gasteiger charge is -2.54. The Morgan fingerprint density at radius 2 is 1.81 bits per heavy atom. The Kier molecular flexibility index (Phi) is 8.38. The number of hydrogen-bond donors (Lipinski definition) is 6. The zero-order chi connectivity index (χ0) is 31.4. The lowest BCUT2D eigenvalue weighted by molar-refractivity contribution is -0.181. The largest absolute Gasteiger partial charge is 0.510 e. The first-order chi connectivity index (χ1) is 20.4. The number of rotatable bonds is 8. The molecule has 0 unspecified atom stereocenters. The summed E-state index contributed by atoms with van der Waals surface area (Å²) in [6.45, 7) is -0.567. The molecule has 232 valence electrons. The van der Waals surface area contributed by atoms with Crippen LogP contribution in [0.4, 0.5) is 0 Å². The molecule has 5 rings (SSSR count). The average Bonchev–Trinajstić information content (AvgIpc) is 3.45. The second-order valence-electron chi connectivity index (χ2n) is 11.8. The molecule has 43 heavy (non-hydrogen) atoms. The highest BCUT2D eigenvalue weighted by atomic mass is 32.2. The van der Waals surface area contributed by atoms with Crippen molar-refractivity contribution in [3.63, 3.8) is 0 Å². The van der Waals surface area contributed by atoms with Crippen LogP contribution in [-0.2, 0) is 19.1 Å². The van der Waals surface area contributed by atoms with E-state index in [2.05, 4.69) is 0 Å². The van der Waals surface area contributed by atoms with E-state index >= 15 is 0 Å². The summed E-state index contributed by atoms with van der Waals surface area (Å²) in [7, 11) is 2.98. The monoisotopic (exact) mass is 616 g/mol. The van der Waals surface area contributed by atoms with Crippen LogP contribution < -0.4 is 5.73 Å². The highest BCUT2D eigenvalue weighted by Crippen LogP contribution is 2.57. The van der Waals surface area contributed by atoms with E-state index in [1.807, 2.05) is 0 Å². The van der Waals surface area contributed by atoms with Gasteiger partial charge in [0.2, 0.25) is 5.78 Å². The first-order valence-corrected chi connectivity index (χ1v) is 15.3. The number of aliphatic hydroxyl groups is 4. The number of ketones is 2. The number of carbonyl (C=O) groups excluding carboxylic acids is 4. The normalized spacial score (nSPS) is 30.8. The number of hydrogen-bond acceptors (Lipinski definition) is 12. The number of nitrogens with zero attached hydrogens (tertiary/aromatic N) is 1. The van der Waals surface area contributed by atoms with Crippen LogP contribution in [-0.4, -0.2) is 103 Å². The maximum absolute atomic E-state index is 14.1. The molecule has 1 amide bonds. The number of benzene rings is 1. The third kappa shape index (κ3) is 4.82. The van der Waals surface area contributed by atoms with Crippen molar-refractivity contribution in [2.45, 2.75) is 61.0 Å². The molecule has 1 aromatic carbocycles. The van der Waals surface area contributed by atoms with Gasteiger partial charge in [-0.05, 0) is 38.6 Å². The maximum atomic E-state index is 14.1. The van der Waals surface area contributed by atoms with Gasteiger partial charge in [-0.2, -0.15) is 11.8 Å². The number of esters is 1. The van der Waals surface area contributed by atoms with Crippen LogP contribution >= 0.6 is 11.8 Å². The number of likely N-dealkylation sites (N-methyl/N-ethyl adjacent to an activating group) is 1. The Morgan fingerprint density at radius 3 is 2.42 bits per heavy atom. The van der Waals surface area contributed by atoms with Gasteiger partial charge in [0, 0.05) is 28.4 Å². The van der Waals surface area contributed by atoms with E-state index in [-0.39, 0.29) is 11.3 Å². The van der Waals surface area contributed by atoms with Crippen LogP contribution in [0.2, 0.25) is 0 Å². The molecule has 0 radical (unpaired) electrons. The number of Topliss-reactive ketones (excluding diaryl/α,β-unsaturated/α-hetero) is 2. The summed E-state index contributed by atoms with van der Waals surface area (Å²) in [6.07, 6.45) is 2.18. The standard InChI is InChI=1S/C30H36N2O10S/c1-32(2)23-22-26(42-17(35)10-11-33)19-15(12-43-13-6-3-4-7-13)14-8-5-9-16(34)18(14)24(36)20(19)27(38)30(22,41)28(39)21(25(23)37)29(31)40/h5,8-9,13,15,19,22-23,26,33-34,37-38,41H,3-4,6-7,10-12H2,1-2H3,(H2,31,40)/t15-,19+,22+,23+,26-,30-/m0/s1. The van der Waals surface area contributed by atoms with Crippen molar-refractivity contribution in [3.8, 4) is 5.75 Å². The molecular formula is C30H36N2O10S. The van der Waals surface area contributed by atoms with Crippen molar-refractivity contribution in [2.24, 2.45) is 17.6 Å². The average molecular weight is 617 g/mol. The van der Waals surface area contributed by atoms with Crippen molar-refractivity contribution < 1.29 is 49.4 Å². The number of thioether (sulfide) groups is 1. The Balaban J connectivity index is 1.80. The van der Waals surface area contributed by atoms with Crippen LogP contribution in [0.1, 0.15) is 53.9 Å². The van der Waals surface area contributed by atoms with E-state index in [9.17, 15) is 44.7 Å². The van der Waals surface area contributed by atoms with E-state index in [4.69, 9.17) is 10.5 Å². The minimum atomic E-state index is -3.01. The van der Waals surface area contributed by atoms with E-state index in [1.54, 1.807) is 23.9 Å². The van der Waals surface area contributed by atoms with Crippen LogP contribution in [0.25, 0.3) is 0 Å². The number of aliphatic hydroxyl groups excluding tert-OH is 3. The Labute approximate surface area is 252 Å². The van der Waals surface area contributed by atoms with Crippen molar-refractivity contribution in [2.75, 3.05) is 26.5 Å². The predicted octanol–water partition coefficient (Wildman–Crippen LogP) is 1.24. The molecule has 7 N–H and O–H groups in total. The highest BCUT2D eigenvalue weighted by molar-refractivity contribution is 7.99. The zero-order valence-corrected chi connectivity index (χ0v) is 24.7. The van der Waals surface area contributed by atoms with Gasteiger partial charge >= 0.3 is 5.97 Å². The summed E-state index contributed by atoms with van der Waals surface area (Å²) in [4.78, 5) is 54.7. The summed E-state index contributed by atoms with van der Waals surface area (Å²) < 4.78 is 5.90. The summed E-state index contributed by atoms with van der Waals surface area (Å²) in [5.41, 5.74) is 1.38. The quantitative estimate of drug-likeness (QED) is 0.180. The van der Waals surface area contributed by atoms with Gasteiger partial charge in [-0.1, -0.05) is 25.0 Å². The van der Waals surface area contributed by atoms with Crippen LogP contribution in [0.5, 0.6) is 5.75 Å². The lowest BCUT2D eigenvalue weighted by atomic mass is 9.55. The van der Waals surface area contributed by atoms with Crippen molar-refractivity contribution in [3.05, 3.63) is 52.0 Å². The van der Waals surface area contributed by atoms with Gasteiger partial charge in [0.1, 0.15) is 28.9 Å². The van der Waals surface area contributed by atoms with E-state index in [0.717, 1.165) is 25.7 Å². The van der Waals surface area contributed by atoms with Gasteiger partial charge in [0.15, 0.2) is 11.4 Å².